The third kappa shape index (κ3) is 1.52. The van der Waals surface area contributed by atoms with Gasteiger partial charge in [0, 0.05) is 20.0 Å². The number of carbonyl (C=O) groups is 1. The number of epoxide rings is 1. The summed E-state index contributed by atoms with van der Waals surface area (Å²) in [5.41, 5.74) is 1.40. The highest BCUT2D eigenvalue weighted by Crippen LogP contribution is 2.75. The molecule has 0 aromatic carbocycles. The van der Waals surface area contributed by atoms with Gasteiger partial charge in [-0.3, -0.25) is 9.53 Å². The van der Waals surface area contributed by atoms with Gasteiger partial charge in [-0.2, -0.15) is 0 Å². The predicted octanol–water partition coefficient (Wildman–Crippen LogP) is 3.43. The van der Waals surface area contributed by atoms with Crippen LogP contribution in [-0.2, 0) is 18.8 Å². The molecule has 6 aliphatic rings. The topological polar surface area (TPSA) is 48.1 Å². The van der Waals surface area contributed by atoms with Crippen LogP contribution in [0.3, 0.4) is 0 Å². The second-order valence-corrected chi connectivity index (χ2v) is 10.4. The normalized spacial score (nSPS) is 55.5. The van der Waals surface area contributed by atoms with Crippen molar-refractivity contribution in [3.8, 4) is 5.81 Å². The second-order valence-electron chi connectivity index (χ2n) is 9.76. The minimum atomic E-state index is -0.562. The summed E-state index contributed by atoms with van der Waals surface area (Å²) >= 11 is 0. The van der Waals surface area contributed by atoms with Crippen LogP contribution in [0.4, 0.5) is 0 Å². The van der Waals surface area contributed by atoms with Crippen LogP contribution in [0.5, 0.6) is 0 Å². The molecule has 2 bridgehead atoms. The van der Waals surface area contributed by atoms with Crippen molar-refractivity contribution in [3.63, 3.8) is 0 Å². The Kier molecular flexibility index (Phi) is 2.83. The Hall–Kier alpha value is -0.890. The number of hydrogen-bond acceptors (Lipinski definition) is 4. The second kappa shape index (κ2) is 4.57. The number of fused-ring (bicyclic) bond motifs is 4. The molecule has 1 saturated heterocycles. The molecule has 0 amide bonds. The highest BCUT2D eigenvalue weighted by atomic mass is 31.1. The fraction of sp³-hybridized carbons (Fsp3) is 0.714. The van der Waals surface area contributed by atoms with Crippen molar-refractivity contribution in [2.75, 3.05) is 6.61 Å². The lowest BCUT2D eigenvalue weighted by Gasteiger charge is -2.41. The number of rotatable bonds is 0. The van der Waals surface area contributed by atoms with E-state index in [0.717, 1.165) is 12.0 Å². The predicted molar refractivity (Wildman–Crippen MR) is 97.9 cm³/mol. The number of Topliss-reactive ketones (excluding diaryl/α,β-unsaturated/α-hetero) is 1. The molecule has 6 rings (SSSR count). The Morgan fingerprint density at radius 2 is 2.12 bits per heavy atom. The minimum Gasteiger partial charge on any atom is -0.357 e. The number of ether oxygens (including phenoxy) is 2. The monoisotopic (exact) mass is 372 g/mol. The molecular weight excluding hydrogens is 347 g/mol. The molecule has 4 aliphatic carbocycles. The van der Waals surface area contributed by atoms with Crippen LogP contribution >= 0.6 is 8.26 Å². The molecule has 0 N–H and O–H groups in total. The van der Waals surface area contributed by atoms with E-state index in [1.165, 1.54) is 5.57 Å². The van der Waals surface area contributed by atoms with Crippen LogP contribution in [0.25, 0.3) is 0 Å². The van der Waals surface area contributed by atoms with E-state index in [9.17, 15) is 4.79 Å². The quantitative estimate of drug-likeness (QED) is 0.371. The van der Waals surface area contributed by atoms with E-state index in [2.05, 4.69) is 45.7 Å². The van der Waals surface area contributed by atoms with Gasteiger partial charge in [0.25, 0.3) is 0 Å². The zero-order chi connectivity index (χ0) is 18.1. The Balaban J connectivity index is 1.61. The summed E-state index contributed by atoms with van der Waals surface area (Å²) in [5.74, 6) is 4.49. The first-order chi connectivity index (χ1) is 12.4. The Morgan fingerprint density at radius 1 is 1.31 bits per heavy atom. The molecule has 0 radical (unpaired) electrons. The first-order valence-corrected chi connectivity index (χ1v) is 10.7. The van der Waals surface area contributed by atoms with Crippen LogP contribution in [0, 0.1) is 40.3 Å². The lowest BCUT2D eigenvalue weighted by Crippen LogP contribution is -2.54. The van der Waals surface area contributed by atoms with Gasteiger partial charge in [-0.15, -0.1) is 0 Å². The summed E-state index contributed by atoms with van der Waals surface area (Å²) in [7, 11) is 0.0562. The van der Waals surface area contributed by atoms with Crippen molar-refractivity contribution >= 4 is 14.0 Å². The van der Waals surface area contributed by atoms with Gasteiger partial charge in [-0.1, -0.05) is 32.9 Å². The van der Waals surface area contributed by atoms with Gasteiger partial charge in [-0.05, 0) is 47.7 Å². The first-order valence-electron chi connectivity index (χ1n) is 9.75. The van der Waals surface area contributed by atoms with E-state index in [0.29, 0.717) is 24.2 Å². The van der Waals surface area contributed by atoms with Gasteiger partial charge in [0.05, 0.1) is 12.0 Å². The van der Waals surface area contributed by atoms with E-state index in [-0.39, 0.29) is 37.7 Å². The molecule has 138 valence electrons. The summed E-state index contributed by atoms with van der Waals surface area (Å²) in [6.07, 6.45) is 5.36. The molecule has 9 atom stereocenters. The first kappa shape index (κ1) is 16.1. The van der Waals surface area contributed by atoms with Gasteiger partial charge in [0.2, 0.25) is 0 Å². The van der Waals surface area contributed by atoms with Crippen molar-refractivity contribution in [1.82, 2.24) is 0 Å². The SMILES string of the molecule is CC1=C[C@]23C(=O)[C@@H](C=C4COC#[PH]O[C@H]4[C@@]24O[C@@H]14)C1C(C[C@H]3C)C1(C)C. The molecule has 2 spiro atoms. The van der Waals surface area contributed by atoms with Crippen LogP contribution < -0.4 is 0 Å². The number of carbonyl (C=O) groups excluding carboxylic acids is 1. The summed E-state index contributed by atoms with van der Waals surface area (Å²) in [6, 6.07) is 0. The summed E-state index contributed by atoms with van der Waals surface area (Å²) in [5, 5.41) is 0. The molecule has 0 aromatic rings. The molecular formula is C21H25O4P. The molecule has 2 saturated carbocycles. The third-order valence-corrected chi connectivity index (χ3v) is 9.01. The molecule has 2 aliphatic heterocycles. The molecule has 4 nitrogen and oxygen atoms in total. The summed E-state index contributed by atoms with van der Waals surface area (Å²) in [4.78, 5) is 14.1. The van der Waals surface area contributed by atoms with Crippen molar-refractivity contribution in [2.45, 2.75) is 51.9 Å². The van der Waals surface area contributed by atoms with E-state index in [1.807, 2.05) is 0 Å². The zero-order valence-corrected chi connectivity index (χ0v) is 16.7. The summed E-state index contributed by atoms with van der Waals surface area (Å²) < 4.78 is 18.2. The van der Waals surface area contributed by atoms with E-state index >= 15 is 0 Å². The Labute approximate surface area is 155 Å². The van der Waals surface area contributed by atoms with Crippen molar-refractivity contribution in [1.29, 1.82) is 0 Å². The maximum absolute atomic E-state index is 14.1. The van der Waals surface area contributed by atoms with Gasteiger partial charge >= 0.3 is 0 Å². The largest absolute Gasteiger partial charge is 0.357 e. The third-order valence-electron chi connectivity index (χ3n) is 8.43. The summed E-state index contributed by atoms with van der Waals surface area (Å²) in [6.45, 7) is 9.49. The van der Waals surface area contributed by atoms with Crippen molar-refractivity contribution in [3.05, 3.63) is 23.3 Å². The van der Waals surface area contributed by atoms with Crippen LogP contribution in [0.1, 0.15) is 34.1 Å². The van der Waals surface area contributed by atoms with Crippen molar-refractivity contribution < 1.29 is 18.8 Å². The maximum atomic E-state index is 14.1. The Bertz CT molecular complexity index is 876. The van der Waals surface area contributed by atoms with Gasteiger partial charge in [0.1, 0.15) is 17.8 Å². The van der Waals surface area contributed by atoms with E-state index in [4.69, 9.17) is 14.0 Å². The molecule has 3 fully saturated rings. The molecule has 0 aromatic heterocycles. The molecule has 26 heavy (non-hydrogen) atoms. The zero-order valence-electron chi connectivity index (χ0n) is 15.7. The fourth-order valence-electron chi connectivity index (χ4n) is 7.15. The number of ketones is 1. The highest BCUT2D eigenvalue weighted by molar-refractivity contribution is 7.20. The maximum Gasteiger partial charge on any atom is 0.153 e. The van der Waals surface area contributed by atoms with Crippen LogP contribution in [-0.4, -0.2) is 30.2 Å². The fourth-order valence-corrected chi connectivity index (χ4v) is 7.78. The lowest BCUT2D eigenvalue weighted by molar-refractivity contribution is -0.137. The molecule has 5 heteroatoms. The lowest BCUT2D eigenvalue weighted by atomic mass is 9.61. The Morgan fingerprint density at radius 3 is 2.88 bits per heavy atom. The van der Waals surface area contributed by atoms with Gasteiger partial charge in [-0.25, -0.2) is 0 Å². The molecule has 3 unspecified atom stereocenters. The van der Waals surface area contributed by atoms with Crippen LogP contribution in [0.2, 0.25) is 0 Å². The van der Waals surface area contributed by atoms with E-state index in [1.54, 1.807) is 0 Å². The van der Waals surface area contributed by atoms with Crippen molar-refractivity contribution in [2.24, 2.45) is 34.5 Å². The van der Waals surface area contributed by atoms with Gasteiger partial charge in [0.15, 0.2) is 5.78 Å². The average molecular weight is 372 g/mol. The highest BCUT2D eigenvalue weighted by Gasteiger charge is 2.83. The number of hydrogen-bond donors (Lipinski definition) is 0. The minimum absolute atomic E-state index is 0.00591. The standard InChI is InChI=1S/C21H25O4P/c1-10-7-20-11(2)5-14-15(19(14,3)4)13(16(20)22)6-12-8-23-9-26-25-18(12)21(20)17(10)24-21/h6-7,11,13-15,17-18,26H,5,8H2,1-4H3/t11-,13+,14?,15?,17+,18-,20+,21-/m1/s1. The van der Waals surface area contributed by atoms with Crippen LogP contribution in [0.15, 0.2) is 23.3 Å². The average Bonchev–Trinajstić information content (AvgIpc) is 3.44. The number of allylic oxidation sites excluding steroid dienone is 1. The van der Waals surface area contributed by atoms with E-state index < -0.39 is 11.0 Å². The molecule has 2 heterocycles. The smallest absolute Gasteiger partial charge is 0.153 e. The van der Waals surface area contributed by atoms with Gasteiger partial charge < -0.3 is 9.26 Å².